The lowest BCUT2D eigenvalue weighted by Crippen LogP contribution is -2.00. The zero-order valence-electron chi connectivity index (χ0n) is 24.6. The number of hydrogen-bond acceptors (Lipinski definition) is 5. The number of nitrogens with zero attached hydrogens (tertiary/aromatic N) is 5. The van der Waals surface area contributed by atoms with Crippen LogP contribution in [0.15, 0.2) is 152 Å². The van der Waals surface area contributed by atoms with Gasteiger partial charge in [-0.05, 0) is 54.6 Å². The van der Waals surface area contributed by atoms with Gasteiger partial charge < -0.3 is 4.57 Å². The maximum Gasteiger partial charge on any atom is 0.164 e. The van der Waals surface area contributed by atoms with Crippen LogP contribution in [-0.2, 0) is 0 Å². The summed E-state index contributed by atoms with van der Waals surface area (Å²) >= 11 is 1.68. The van der Waals surface area contributed by atoms with Crippen molar-refractivity contribution in [2.75, 3.05) is 0 Å². The first kappa shape index (κ1) is 26.4. The molecule has 3 aromatic heterocycles. The molecule has 0 aliphatic heterocycles. The molecule has 3 heterocycles. The quantitative estimate of drug-likeness (QED) is 0.195. The number of aromatic nitrogens is 5. The molecule has 0 fully saturated rings. The van der Waals surface area contributed by atoms with Crippen LogP contribution in [0.2, 0.25) is 0 Å². The van der Waals surface area contributed by atoms with Crippen LogP contribution in [0.4, 0.5) is 0 Å². The van der Waals surface area contributed by atoms with E-state index in [4.69, 9.17) is 19.9 Å². The highest BCUT2D eigenvalue weighted by Gasteiger charge is 2.17. The molecule has 6 aromatic carbocycles. The monoisotopic (exact) mass is 607 g/mol. The maximum absolute atomic E-state index is 5.08. The van der Waals surface area contributed by atoms with E-state index in [1.54, 1.807) is 11.3 Å². The number of rotatable bonds is 5. The average Bonchev–Trinajstić information content (AvgIpc) is 3.71. The second-order valence-corrected chi connectivity index (χ2v) is 12.2. The van der Waals surface area contributed by atoms with E-state index in [2.05, 4.69) is 102 Å². The predicted molar refractivity (Wildman–Crippen MR) is 189 cm³/mol. The largest absolute Gasteiger partial charge is 0.309 e. The Balaban J connectivity index is 1.22. The van der Waals surface area contributed by atoms with E-state index >= 15 is 0 Å². The van der Waals surface area contributed by atoms with Crippen LogP contribution < -0.4 is 0 Å². The summed E-state index contributed by atoms with van der Waals surface area (Å²) in [4.78, 5) is 20.0. The van der Waals surface area contributed by atoms with Gasteiger partial charge in [-0.25, -0.2) is 19.9 Å². The van der Waals surface area contributed by atoms with Crippen molar-refractivity contribution in [3.8, 4) is 50.4 Å². The van der Waals surface area contributed by atoms with Crippen molar-refractivity contribution in [1.29, 1.82) is 0 Å². The highest BCUT2D eigenvalue weighted by Crippen LogP contribution is 2.36. The lowest BCUT2D eigenvalue weighted by Gasteiger charge is -2.10. The van der Waals surface area contributed by atoms with Gasteiger partial charge in [0, 0.05) is 38.7 Å². The van der Waals surface area contributed by atoms with Crippen LogP contribution in [0.5, 0.6) is 0 Å². The van der Waals surface area contributed by atoms with Gasteiger partial charge in [0.1, 0.15) is 5.01 Å². The summed E-state index contributed by atoms with van der Waals surface area (Å²) in [7, 11) is 0. The van der Waals surface area contributed by atoms with Gasteiger partial charge in [-0.3, -0.25) is 0 Å². The highest BCUT2D eigenvalue weighted by atomic mass is 32.1. The average molecular weight is 608 g/mol. The number of hydrogen-bond donors (Lipinski definition) is 0. The molecule has 9 aromatic rings. The number of para-hydroxylation sites is 2. The molecule has 0 atom stereocenters. The second kappa shape index (κ2) is 10.9. The van der Waals surface area contributed by atoms with Gasteiger partial charge in [-0.1, -0.05) is 97.1 Å². The maximum atomic E-state index is 5.08. The van der Waals surface area contributed by atoms with E-state index in [0.717, 1.165) is 59.6 Å². The molecular formula is C40H25N5S. The first-order valence-electron chi connectivity index (χ1n) is 15.2. The minimum Gasteiger partial charge on any atom is -0.309 e. The van der Waals surface area contributed by atoms with E-state index in [0.29, 0.717) is 17.5 Å². The molecule has 0 aliphatic rings. The van der Waals surface area contributed by atoms with Gasteiger partial charge in [0.25, 0.3) is 0 Å². The van der Waals surface area contributed by atoms with Crippen LogP contribution in [-0.4, -0.2) is 24.5 Å². The molecule has 0 radical (unpaired) electrons. The van der Waals surface area contributed by atoms with Gasteiger partial charge >= 0.3 is 0 Å². The zero-order valence-corrected chi connectivity index (χ0v) is 25.4. The smallest absolute Gasteiger partial charge is 0.164 e. The Morgan fingerprint density at radius 1 is 0.413 bits per heavy atom. The fourth-order valence-corrected chi connectivity index (χ4v) is 7.10. The molecule has 216 valence electrons. The summed E-state index contributed by atoms with van der Waals surface area (Å²) in [6, 6.07) is 52.2. The van der Waals surface area contributed by atoms with E-state index < -0.39 is 0 Å². The standard InChI is InChI=1S/C40H25N5S/c1-4-12-26(13-5-1)37-42-38(44-39(43-37)29-20-22-33-36(25-29)46-40(41-33)27-14-6-2-7-15-27)28-21-23-35-32(24-28)31-18-10-11-19-34(31)45(35)30-16-8-3-9-17-30/h1-25H. The molecule has 0 saturated carbocycles. The van der Waals surface area contributed by atoms with Gasteiger partial charge in [0.15, 0.2) is 17.5 Å². The Bertz CT molecular complexity index is 2520. The van der Waals surface area contributed by atoms with E-state index in [1.165, 1.54) is 5.39 Å². The lowest BCUT2D eigenvalue weighted by atomic mass is 10.1. The number of benzene rings is 6. The molecule has 0 spiro atoms. The topological polar surface area (TPSA) is 56.5 Å². The van der Waals surface area contributed by atoms with E-state index in [1.807, 2.05) is 54.6 Å². The van der Waals surface area contributed by atoms with Crippen LogP contribution in [0, 0.1) is 0 Å². The molecular weight excluding hydrogens is 583 g/mol. The van der Waals surface area contributed by atoms with Gasteiger partial charge in [0.2, 0.25) is 0 Å². The van der Waals surface area contributed by atoms with Gasteiger partial charge in [-0.15, -0.1) is 11.3 Å². The van der Waals surface area contributed by atoms with Crippen LogP contribution in [0.3, 0.4) is 0 Å². The first-order chi connectivity index (χ1) is 22.8. The van der Waals surface area contributed by atoms with Crippen molar-refractivity contribution in [2.45, 2.75) is 0 Å². The molecule has 0 N–H and O–H groups in total. The van der Waals surface area contributed by atoms with Crippen molar-refractivity contribution in [3.05, 3.63) is 152 Å². The third-order valence-corrected chi connectivity index (χ3v) is 9.35. The Morgan fingerprint density at radius 3 is 1.72 bits per heavy atom. The van der Waals surface area contributed by atoms with Gasteiger partial charge in [0.05, 0.1) is 21.3 Å². The summed E-state index contributed by atoms with van der Waals surface area (Å²) in [6.07, 6.45) is 0. The fraction of sp³-hybridized carbons (Fsp3) is 0. The summed E-state index contributed by atoms with van der Waals surface area (Å²) in [5.74, 6) is 1.91. The van der Waals surface area contributed by atoms with Crippen LogP contribution >= 0.6 is 11.3 Å². The Morgan fingerprint density at radius 2 is 0.978 bits per heavy atom. The Kier molecular flexibility index (Phi) is 6.25. The number of fused-ring (bicyclic) bond motifs is 4. The Hall–Kier alpha value is -5.98. The van der Waals surface area contributed by atoms with Gasteiger partial charge in [-0.2, -0.15) is 0 Å². The molecule has 5 nitrogen and oxygen atoms in total. The highest BCUT2D eigenvalue weighted by molar-refractivity contribution is 7.21. The van der Waals surface area contributed by atoms with E-state index in [-0.39, 0.29) is 0 Å². The third kappa shape index (κ3) is 4.55. The Labute approximate surface area is 269 Å². The normalized spacial score (nSPS) is 11.5. The van der Waals surface area contributed by atoms with Crippen molar-refractivity contribution in [2.24, 2.45) is 0 Å². The summed E-state index contributed by atoms with van der Waals surface area (Å²) < 4.78 is 3.41. The molecule has 0 saturated heterocycles. The third-order valence-electron chi connectivity index (χ3n) is 8.28. The molecule has 46 heavy (non-hydrogen) atoms. The minimum absolute atomic E-state index is 0.632. The zero-order chi connectivity index (χ0) is 30.5. The summed E-state index contributed by atoms with van der Waals surface area (Å²) in [6.45, 7) is 0. The molecule has 0 bridgehead atoms. The second-order valence-electron chi connectivity index (χ2n) is 11.2. The molecule has 6 heteroatoms. The van der Waals surface area contributed by atoms with E-state index in [9.17, 15) is 0 Å². The summed E-state index contributed by atoms with van der Waals surface area (Å²) in [5, 5.41) is 3.34. The molecule has 9 rings (SSSR count). The molecule has 0 unspecified atom stereocenters. The van der Waals surface area contributed by atoms with Crippen LogP contribution in [0.25, 0.3) is 82.4 Å². The summed E-state index contributed by atoms with van der Waals surface area (Å²) in [5.41, 5.74) is 8.32. The number of thiazole rings is 1. The van der Waals surface area contributed by atoms with Crippen molar-refractivity contribution >= 4 is 43.4 Å². The fourth-order valence-electron chi connectivity index (χ4n) is 6.09. The first-order valence-corrected chi connectivity index (χ1v) is 16.0. The minimum atomic E-state index is 0.632. The molecule has 0 amide bonds. The predicted octanol–water partition coefficient (Wildman–Crippen LogP) is 10.2. The van der Waals surface area contributed by atoms with Crippen molar-refractivity contribution in [1.82, 2.24) is 24.5 Å². The SMILES string of the molecule is c1ccc(-c2nc(-c3ccc4nc(-c5ccccc5)sc4c3)nc(-c3ccc4c(c3)c3ccccc3n4-c3ccccc3)n2)cc1. The van der Waals surface area contributed by atoms with Crippen molar-refractivity contribution < 1.29 is 0 Å². The molecule has 0 aliphatic carbocycles. The van der Waals surface area contributed by atoms with Crippen LogP contribution in [0.1, 0.15) is 0 Å². The lowest BCUT2D eigenvalue weighted by molar-refractivity contribution is 1.07. The van der Waals surface area contributed by atoms with Crippen molar-refractivity contribution in [3.63, 3.8) is 0 Å².